The molecule has 0 saturated carbocycles. The van der Waals surface area contributed by atoms with Crippen LogP contribution in [0.15, 0.2) is 84.2 Å². The zero-order valence-corrected chi connectivity index (χ0v) is 19.5. The molecular weight excluding hydrogens is 428 g/mol. The minimum absolute atomic E-state index is 0.0104. The van der Waals surface area contributed by atoms with E-state index in [1.54, 1.807) is 22.4 Å². The number of benzene rings is 1. The van der Waals surface area contributed by atoms with E-state index < -0.39 is 0 Å². The lowest BCUT2D eigenvalue weighted by Crippen LogP contribution is -2.40. The van der Waals surface area contributed by atoms with E-state index in [0.29, 0.717) is 5.88 Å². The fraction of sp³-hybridized carbons (Fsp3) is 0.269. The molecule has 0 spiro atoms. The van der Waals surface area contributed by atoms with Crippen molar-refractivity contribution in [2.45, 2.75) is 12.5 Å². The summed E-state index contributed by atoms with van der Waals surface area (Å²) in [5.74, 6) is 0.628. The van der Waals surface area contributed by atoms with Crippen molar-refractivity contribution in [3.63, 3.8) is 0 Å². The number of nitrogens with one attached hydrogen (secondary N) is 2. The zero-order valence-electron chi connectivity index (χ0n) is 19.5. The molecule has 4 aromatic rings. The largest absolute Gasteiger partial charge is 0.470 e. The first kappa shape index (κ1) is 23.3. The summed E-state index contributed by atoms with van der Waals surface area (Å²) in [4.78, 5) is 15.9. The smallest absolute Gasteiger partial charge is 0.250 e. The van der Waals surface area contributed by atoms with Crippen LogP contribution in [0.25, 0.3) is 11.1 Å². The molecule has 0 amide bonds. The van der Waals surface area contributed by atoms with Gasteiger partial charge in [0.15, 0.2) is 0 Å². The van der Waals surface area contributed by atoms with Gasteiger partial charge in [0, 0.05) is 56.4 Å². The number of pyridine rings is 2. The van der Waals surface area contributed by atoms with Gasteiger partial charge < -0.3 is 19.9 Å². The Morgan fingerprint density at radius 1 is 1.06 bits per heavy atom. The first-order chi connectivity index (χ1) is 16.6. The third kappa shape index (κ3) is 6.32. The number of hydrogen-bond acceptors (Lipinski definition) is 6. The fourth-order valence-electron chi connectivity index (χ4n) is 3.62. The molecule has 5 rings (SSSR count). The van der Waals surface area contributed by atoms with Gasteiger partial charge in [0.2, 0.25) is 11.4 Å². The summed E-state index contributed by atoms with van der Waals surface area (Å²) in [6.07, 6.45) is 8.35. The molecule has 4 heterocycles. The molecule has 2 N–H and O–H groups in total. The average Bonchev–Trinajstić information content (AvgIpc) is 3.31. The Kier molecular flexibility index (Phi) is 7.72. The lowest BCUT2D eigenvalue weighted by atomic mass is 10.1. The Labute approximate surface area is 199 Å². The first-order valence-corrected chi connectivity index (χ1v) is 11.3. The summed E-state index contributed by atoms with van der Waals surface area (Å²) in [6.45, 7) is 2.26. The number of rotatable bonds is 6. The minimum atomic E-state index is 0.0104. The van der Waals surface area contributed by atoms with Crippen molar-refractivity contribution in [3.8, 4) is 17.0 Å². The Bertz CT molecular complexity index is 1220. The average molecular weight is 459 g/mol. The Morgan fingerprint density at radius 3 is 2.50 bits per heavy atom. The number of nitrogens with zero attached hydrogens (tertiary/aromatic N) is 4. The van der Waals surface area contributed by atoms with Crippen LogP contribution < -0.4 is 20.9 Å². The van der Waals surface area contributed by atoms with Crippen LogP contribution in [0.1, 0.15) is 5.56 Å². The van der Waals surface area contributed by atoms with Gasteiger partial charge in [-0.2, -0.15) is 5.10 Å². The molecule has 8 heteroatoms. The normalized spacial score (nSPS) is 14.2. The van der Waals surface area contributed by atoms with Gasteiger partial charge in [-0.3, -0.25) is 9.48 Å². The molecule has 176 valence electrons. The van der Waals surface area contributed by atoms with Gasteiger partial charge in [-0.1, -0.05) is 42.5 Å². The lowest BCUT2D eigenvalue weighted by Gasteiger charge is -2.27. The van der Waals surface area contributed by atoms with E-state index in [1.165, 1.54) is 0 Å². The van der Waals surface area contributed by atoms with Crippen LogP contribution in [0.5, 0.6) is 5.88 Å². The van der Waals surface area contributed by atoms with E-state index in [0.717, 1.165) is 48.4 Å². The summed E-state index contributed by atoms with van der Waals surface area (Å²) in [6, 6.07) is 17.5. The van der Waals surface area contributed by atoms with Crippen molar-refractivity contribution in [3.05, 3.63) is 95.3 Å². The molecule has 1 atom stereocenters. The summed E-state index contributed by atoms with van der Waals surface area (Å²) in [5, 5.41) is 11.0. The molecule has 34 heavy (non-hydrogen) atoms. The maximum Gasteiger partial charge on any atom is 0.250 e. The predicted octanol–water partition coefficient (Wildman–Crippen LogP) is 2.87. The summed E-state index contributed by atoms with van der Waals surface area (Å²) < 4.78 is 9.39. The van der Waals surface area contributed by atoms with Gasteiger partial charge in [-0.05, 0) is 24.6 Å². The third-order valence-electron chi connectivity index (χ3n) is 5.46. The van der Waals surface area contributed by atoms with Crippen LogP contribution in [-0.2, 0) is 20.5 Å². The van der Waals surface area contributed by atoms with Gasteiger partial charge in [0.05, 0.1) is 18.4 Å². The lowest BCUT2D eigenvalue weighted by molar-refractivity contribution is 0.194. The molecule has 8 nitrogen and oxygen atoms in total. The number of aryl methyl sites for hydroxylation is 2. The molecule has 3 aromatic heterocycles. The Hall–Kier alpha value is -3.91. The second-order valence-corrected chi connectivity index (χ2v) is 8.20. The molecule has 0 radical (unpaired) electrons. The topological polar surface area (TPSA) is 86.0 Å². The fourth-order valence-corrected chi connectivity index (χ4v) is 3.62. The van der Waals surface area contributed by atoms with E-state index in [2.05, 4.69) is 20.7 Å². The van der Waals surface area contributed by atoms with Crippen molar-refractivity contribution in [2.75, 3.05) is 25.0 Å². The molecule has 0 aliphatic carbocycles. The molecule has 1 aliphatic heterocycles. The van der Waals surface area contributed by atoms with Crippen LogP contribution in [0, 0.1) is 0 Å². The van der Waals surface area contributed by atoms with Gasteiger partial charge in [0.1, 0.15) is 6.10 Å². The van der Waals surface area contributed by atoms with Crippen molar-refractivity contribution >= 4 is 5.69 Å². The minimum Gasteiger partial charge on any atom is -0.470 e. The van der Waals surface area contributed by atoms with E-state index in [4.69, 9.17) is 4.74 Å². The maximum atomic E-state index is 11.4. The molecule has 0 fully saturated rings. The van der Waals surface area contributed by atoms with Crippen LogP contribution >= 0.6 is 0 Å². The van der Waals surface area contributed by atoms with Crippen LogP contribution in [-0.4, -0.2) is 45.1 Å². The Balaban J connectivity index is 0.000000398. The monoisotopic (exact) mass is 458 g/mol. The van der Waals surface area contributed by atoms with E-state index in [-0.39, 0.29) is 11.7 Å². The summed E-state index contributed by atoms with van der Waals surface area (Å²) >= 11 is 0. The predicted molar refractivity (Wildman–Crippen MR) is 134 cm³/mol. The van der Waals surface area contributed by atoms with E-state index in [9.17, 15) is 4.79 Å². The number of fused-ring (bicyclic) bond motifs is 1. The molecule has 1 aromatic carbocycles. The second kappa shape index (κ2) is 11.3. The molecule has 0 saturated heterocycles. The highest BCUT2D eigenvalue weighted by molar-refractivity contribution is 5.69. The standard InChI is InChI=1S/C20H24N6O2.C6H6/c1-25-12-14(3-4-19(25)27)5-6-21-10-17-11-22-18-7-15(8-23-20(18)28-17)16-9-24-26(2)13-16;1-2-4-6-5-3-1/h3-4,7-9,12-13,17,21-22H,5-6,10-11H2,1-2H3;1-6H. The Morgan fingerprint density at radius 2 is 1.82 bits per heavy atom. The van der Waals surface area contributed by atoms with Crippen molar-refractivity contribution in [2.24, 2.45) is 14.1 Å². The zero-order chi connectivity index (χ0) is 23.8. The number of ether oxygens (including phenoxy) is 1. The molecule has 1 unspecified atom stereocenters. The highest BCUT2D eigenvalue weighted by Gasteiger charge is 2.20. The highest BCUT2D eigenvalue weighted by atomic mass is 16.5. The summed E-state index contributed by atoms with van der Waals surface area (Å²) in [5.41, 5.74) is 4.09. The van der Waals surface area contributed by atoms with Gasteiger partial charge >= 0.3 is 0 Å². The molecular formula is C26H30N6O2. The maximum absolute atomic E-state index is 11.4. The summed E-state index contributed by atoms with van der Waals surface area (Å²) in [7, 11) is 3.66. The first-order valence-electron chi connectivity index (χ1n) is 11.3. The second-order valence-electron chi connectivity index (χ2n) is 8.20. The van der Waals surface area contributed by atoms with Gasteiger partial charge in [0.25, 0.3) is 0 Å². The van der Waals surface area contributed by atoms with Crippen molar-refractivity contribution < 1.29 is 4.74 Å². The van der Waals surface area contributed by atoms with Gasteiger partial charge in [-0.25, -0.2) is 4.98 Å². The van der Waals surface area contributed by atoms with Crippen molar-refractivity contribution in [1.29, 1.82) is 0 Å². The van der Waals surface area contributed by atoms with E-state index in [1.807, 2.05) is 80.4 Å². The van der Waals surface area contributed by atoms with Crippen LogP contribution in [0.4, 0.5) is 5.69 Å². The number of anilines is 1. The quantitative estimate of drug-likeness (QED) is 0.432. The number of hydrogen-bond donors (Lipinski definition) is 2. The third-order valence-corrected chi connectivity index (χ3v) is 5.46. The van der Waals surface area contributed by atoms with Crippen LogP contribution in [0.3, 0.4) is 0 Å². The number of aromatic nitrogens is 4. The SMILES string of the molecule is Cn1cc(-c2cnc3c(c2)NCC(CNCCc2ccc(=O)n(C)c2)O3)cn1.c1ccccc1. The molecule has 0 bridgehead atoms. The van der Waals surface area contributed by atoms with Crippen LogP contribution in [0.2, 0.25) is 0 Å². The van der Waals surface area contributed by atoms with E-state index >= 15 is 0 Å². The van der Waals surface area contributed by atoms with Crippen molar-refractivity contribution in [1.82, 2.24) is 24.6 Å². The highest BCUT2D eigenvalue weighted by Crippen LogP contribution is 2.30. The van der Waals surface area contributed by atoms with Gasteiger partial charge in [-0.15, -0.1) is 0 Å². The molecule has 1 aliphatic rings.